The maximum atomic E-state index is 11.0. The van der Waals surface area contributed by atoms with Gasteiger partial charge in [0.25, 0.3) is 5.91 Å². The molecule has 1 aliphatic rings. The van der Waals surface area contributed by atoms with Gasteiger partial charge in [-0.25, -0.2) is 0 Å². The molecule has 1 fully saturated rings. The highest BCUT2D eigenvalue weighted by atomic mass is 32.1. The molecule has 2 rings (SSSR count). The number of carbonyl (C=O) groups is 1. The number of aromatic nitrogens is 1. The molecule has 0 atom stereocenters. The largest absolute Gasteiger partial charge is 0.382 e. The normalized spacial score (nSPS) is 15.4. The molecule has 76 valence electrons. The third-order valence-corrected chi connectivity index (χ3v) is 3.03. The van der Waals surface area contributed by atoms with Gasteiger partial charge in [-0.1, -0.05) is 0 Å². The van der Waals surface area contributed by atoms with Crippen molar-refractivity contribution in [3.05, 3.63) is 5.56 Å². The highest BCUT2D eigenvalue weighted by Gasteiger charge is 2.23. The predicted octanol–water partition coefficient (Wildman–Crippen LogP) is 0.646. The first kappa shape index (κ1) is 9.26. The van der Waals surface area contributed by atoms with Gasteiger partial charge in [0, 0.05) is 6.54 Å². The molecular weight excluding hydrogens is 200 g/mol. The zero-order valence-electron chi connectivity index (χ0n) is 7.62. The summed E-state index contributed by atoms with van der Waals surface area (Å²) in [7, 11) is 0. The number of hydrogen-bond donors (Lipinski definition) is 3. The second-order valence-electron chi connectivity index (χ2n) is 3.46. The van der Waals surface area contributed by atoms with E-state index in [0.717, 1.165) is 12.5 Å². The molecule has 1 amide bonds. The fourth-order valence-electron chi connectivity index (χ4n) is 1.22. The minimum absolute atomic E-state index is 0.223. The summed E-state index contributed by atoms with van der Waals surface area (Å²) in [4.78, 5) is 11.0. The van der Waals surface area contributed by atoms with Crippen molar-refractivity contribution in [2.75, 3.05) is 17.6 Å². The second kappa shape index (κ2) is 3.45. The molecule has 1 aromatic rings. The number of hydrogen-bond acceptors (Lipinski definition) is 5. The first-order valence-corrected chi connectivity index (χ1v) is 5.24. The van der Waals surface area contributed by atoms with Gasteiger partial charge in [-0.3, -0.25) is 4.79 Å². The minimum atomic E-state index is -0.519. The Labute approximate surface area is 85.6 Å². The maximum Gasteiger partial charge on any atom is 0.255 e. The van der Waals surface area contributed by atoms with Crippen molar-refractivity contribution >= 4 is 28.3 Å². The third kappa shape index (κ3) is 1.79. The van der Waals surface area contributed by atoms with Crippen LogP contribution in [0.3, 0.4) is 0 Å². The van der Waals surface area contributed by atoms with E-state index in [1.54, 1.807) is 0 Å². The Balaban J connectivity index is 2.10. The van der Waals surface area contributed by atoms with Crippen LogP contribution in [0.25, 0.3) is 0 Å². The van der Waals surface area contributed by atoms with Crippen LogP contribution in [-0.2, 0) is 0 Å². The van der Waals surface area contributed by atoms with Crippen LogP contribution in [0.1, 0.15) is 23.2 Å². The molecule has 0 saturated heterocycles. The number of amides is 1. The zero-order chi connectivity index (χ0) is 10.1. The number of nitrogens with one attached hydrogen (secondary N) is 1. The van der Waals surface area contributed by atoms with Crippen LogP contribution in [0.2, 0.25) is 0 Å². The van der Waals surface area contributed by atoms with Crippen LogP contribution in [0.15, 0.2) is 0 Å². The summed E-state index contributed by atoms with van der Waals surface area (Å²) in [5.41, 5.74) is 11.0. The van der Waals surface area contributed by atoms with Crippen molar-refractivity contribution in [1.29, 1.82) is 0 Å². The number of anilines is 2. The SMILES string of the molecule is NC(=O)c1c(N)nsc1NCC1CC1. The van der Waals surface area contributed by atoms with Gasteiger partial charge in [0.2, 0.25) is 0 Å². The highest BCUT2D eigenvalue weighted by molar-refractivity contribution is 7.11. The molecule has 5 nitrogen and oxygen atoms in total. The lowest BCUT2D eigenvalue weighted by atomic mass is 10.3. The van der Waals surface area contributed by atoms with E-state index in [1.165, 1.54) is 24.4 Å². The van der Waals surface area contributed by atoms with Crippen LogP contribution in [0.5, 0.6) is 0 Å². The zero-order valence-corrected chi connectivity index (χ0v) is 8.43. The number of nitrogens with two attached hydrogens (primary N) is 2. The highest BCUT2D eigenvalue weighted by Crippen LogP contribution is 2.31. The van der Waals surface area contributed by atoms with Crippen molar-refractivity contribution < 1.29 is 4.79 Å². The van der Waals surface area contributed by atoms with E-state index in [2.05, 4.69) is 9.69 Å². The Morgan fingerprint density at radius 3 is 2.93 bits per heavy atom. The van der Waals surface area contributed by atoms with Gasteiger partial charge < -0.3 is 16.8 Å². The Bertz CT molecular complexity index is 358. The van der Waals surface area contributed by atoms with E-state index < -0.39 is 5.91 Å². The summed E-state index contributed by atoms with van der Waals surface area (Å²) in [5, 5.41) is 3.85. The van der Waals surface area contributed by atoms with Gasteiger partial charge in [0.05, 0.1) is 0 Å². The van der Waals surface area contributed by atoms with Gasteiger partial charge >= 0.3 is 0 Å². The smallest absolute Gasteiger partial charge is 0.255 e. The second-order valence-corrected chi connectivity index (χ2v) is 4.23. The average Bonchev–Trinajstić information content (AvgIpc) is 2.86. The summed E-state index contributed by atoms with van der Waals surface area (Å²) in [6, 6.07) is 0. The minimum Gasteiger partial charge on any atom is -0.382 e. The van der Waals surface area contributed by atoms with E-state index in [1.807, 2.05) is 0 Å². The standard InChI is InChI=1S/C8H12N4OS/c9-6-5(7(10)13)8(14-12-6)11-3-4-1-2-4/h4,11H,1-3H2,(H2,9,12)(H2,10,13). The molecule has 1 saturated carbocycles. The van der Waals surface area contributed by atoms with Gasteiger partial charge in [0.15, 0.2) is 5.82 Å². The first-order chi connectivity index (χ1) is 6.68. The number of rotatable bonds is 4. The lowest BCUT2D eigenvalue weighted by Gasteiger charge is -2.02. The molecular formula is C8H12N4OS. The molecule has 1 aromatic heterocycles. The lowest BCUT2D eigenvalue weighted by molar-refractivity contribution is 0.100. The first-order valence-electron chi connectivity index (χ1n) is 4.47. The van der Waals surface area contributed by atoms with Crippen LogP contribution >= 0.6 is 11.5 Å². The lowest BCUT2D eigenvalue weighted by Crippen LogP contribution is -2.15. The third-order valence-electron chi connectivity index (χ3n) is 2.21. The summed E-state index contributed by atoms with van der Waals surface area (Å²) in [5.74, 6) is 0.439. The van der Waals surface area contributed by atoms with Gasteiger partial charge in [-0.05, 0) is 30.3 Å². The van der Waals surface area contributed by atoms with Crippen LogP contribution in [0, 0.1) is 5.92 Å². The molecule has 0 bridgehead atoms. The van der Waals surface area contributed by atoms with E-state index in [-0.39, 0.29) is 5.82 Å². The quantitative estimate of drug-likeness (QED) is 0.683. The molecule has 1 heterocycles. The van der Waals surface area contributed by atoms with Gasteiger partial charge in [0.1, 0.15) is 10.6 Å². The summed E-state index contributed by atoms with van der Waals surface area (Å²) in [6.45, 7) is 0.877. The molecule has 5 N–H and O–H groups in total. The molecule has 0 unspecified atom stereocenters. The number of carbonyl (C=O) groups excluding carboxylic acids is 1. The van der Waals surface area contributed by atoms with Crippen molar-refractivity contribution in [3.63, 3.8) is 0 Å². The summed E-state index contributed by atoms with van der Waals surface area (Å²) >= 11 is 1.19. The number of primary amides is 1. The molecule has 0 aromatic carbocycles. The van der Waals surface area contributed by atoms with E-state index in [4.69, 9.17) is 11.5 Å². The van der Waals surface area contributed by atoms with Crippen LogP contribution in [-0.4, -0.2) is 16.8 Å². The number of nitrogens with zero attached hydrogens (tertiary/aromatic N) is 1. The Hall–Kier alpha value is -1.30. The number of nitrogen functional groups attached to an aromatic ring is 1. The summed E-state index contributed by atoms with van der Waals surface area (Å²) < 4.78 is 3.89. The van der Waals surface area contributed by atoms with Crippen LogP contribution < -0.4 is 16.8 Å². The summed E-state index contributed by atoms with van der Waals surface area (Å²) in [6.07, 6.45) is 2.51. The van der Waals surface area contributed by atoms with E-state index in [0.29, 0.717) is 10.6 Å². The van der Waals surface area contributed by atoms with Gasteiger partial charge in [-0.2, -0.15) is 4.37 Å². The van der Waals surface area contributed by atoms with E-state index in [9.17, 15) is 4.79 Å². The van der Waals surface area contributed by atoms with Crippen molar-refractivity contribution in [1.82, 2.24) is 4.37 Å². The monoisotopic (exact) mass is 212 g/mol. The van der Waals surface area contributed by atoms with Crippen LogP contribution in [0.4, 0.5) is 10.8 Å². The maximum absolute atomic E-state index is 11.0. The topological polar surface area (TPSA) is 94.0 Å². The van der Waals surface area contributed by atoms with Crippen molar-refractivity contribution in [2.24, 2.45) is 11.7 Å². The Morgan fingerprint density at radius 1 is 1.64 bits per heavy atom. The average molecular weight is 212 g/mol. The predicted molar refractivity (Wildman–Crippen MR) is 56.3 cm³/mol. The van der Waals surface area contributed by atoms with Crippen molar-refractivity contribution in [2.45, 2.75) is 12.8 Å². The molecule has 0 aliphatic heterocycles. The molecule has 1 aliphatic carbocycles. The van der Waals surface area contributed by atoms with Crippen molar-refractivity contribution in [3.8, 4) is 0 Å². The molecule has 6 heteroatoms. The molecule has 0 spiro atoms. The molecule has 0 radical (unpaired) electrons. The molecule has 14 heavy (non-hydrogen) atoms. The Kier molecular flexibility index (Phi) is 2.28. The van der Waals surface area contributed by atoms with Gasteiger partial charge in [-0.15, -0.1) is 0 Å². The van der Waals surface area contributed by atoms with E-state index >= 15 is 0 Å². The fraction of sp³-hybridized carbons (Fsp3) is 0.500. The fourth-order valence-corrected chi connectivity index (χ4v) is 1.95. The Morgan fingerprint density at radius 2 is 2.36 bits per heavy atom.